The number of thiophene rings is 1. The molecular formula is C9H14S. The lowest BCUT2D eigenvalue weighted by atomic mass is 10.0. The maximum absolute atomic E-state index is 2.30. The van der Waals surface area contributed by atoms with Crippen LogP contribution in [0, 0.1) is 13.8 Å². The van der Waals surface area contributed by atoms with Crippen LogP contribution in [-0.2, 0) is 0 Å². The predicted molar refractivity (Wildman–Crippen MR) is 47.9 cm³/mol. The topological polar surface area (TPSA) is 0 Å². The van der Waals surface area contributed by atoms with Gasteiger partial charge in [-0.2, -0.15) is 0 Å². The van der Waals surface area contributed by atoms with Gasteiger partial charge in [0.1, 0.15) is 0 Å². The van der Waals surface area contributed by atoms with Crippen molar-refractivity contribution in [1.29, 1.82) is 0 Å². The Morgan fingerprint density at radius 1 is 1.30 bits per heavy atom. The molecule has 0 aromatic carbocycles. The third-order valence-corrected chi connectivity index (χ3v) is 2.68. The van der Waals surface area contributed by atoms with Gasteiger partial charge >= 0.3 is 0 Å². The summed E-state index contributed by atoms with van der Waals surface area (Å²) in [7, 11) is 0. The van der Waals surface area contributed by atoms with E-state index in [1.165, 1.54) is 15.3 Å². The summed E-state index contributed by atoms with van der Waals surface area (Å²) in [5, 5.41) is 0. The summed E-state index contributed by atoms with van der Waals surface area (Å²) in [5.74, 6) is 0.685. The molecule has 0 nitrogen and oxygen atoms in total. The molecule has 0 amide bonds. The highest BCUT2D eigenvalue weighted by molar-refractivity contribution is 7.12. The average molecular weight is 154 g/mol. The Balaban J connectivity index is 3.03. The van der Waals surface area contributed by atoms with Gasteiger partial charge in [0.05, 0.1) is 0 Å². The fourth-order valence-corrected chi connectivity index (χ4v) is 2.31. The van der Waals surface area contributed by atoms with Gasteiger partial charge in [-0.3, -0.25) is 0 Å². The Hall–Kier alpha value is -0.300. The summed E-state index contributed by atoms with van der Waals surface area (Å²) in [4.78, 5) is 2.91. The van der Waals surface area contributed by atoms with Crippen molar-refractivity contribution < 1.29 is 0 Å². The zero-order valence-electron chi connectivity index (χ0n) is 7.06. The average Bonchev–Trinajstić information content (AvgIpc) is 2.10. The monoisotopic (exact) mass is 154 g/mol. The molecule has 0 N–H and O–H groups in total. The predicted octanol–water partition coefficient (Wildman–Crippen LogP) is 3.49. The van der Waals surface area contributed by atoms with Gasteiger partial charge in [-0.25, -0.2) is 0 Å². The highest BCUT2D eigenvalue weighted by Crippen LogP contribution is 2.26. The normalized spacial score (nSPS) is 10.9. The molecule has 0 fully saturated rings. The van der Waals surface area contributed by atoms with Crippen molar-refractivity contribution in [1.82, 2.24) is 0 Å². The SMILES string of the molecule is Cc1cc(C(C)C)c(C)s1. The fourth-order valence-electron chi connectivity index (χ4n) is 1.22. The van der Waals surface area contributed by atoms with Crippen LogP contribution in [0.1, 0.15) is 35.1 Å². The molecule has 0 aliphatic rings. The minimum atomic E-state index is 0.685. The van der Waals surface area contributed by atoms with Crippen LogP contribution in [0.4, 0.5) is 0 Å². The van der Waals surface area contributed by atoms with Gasteiger partial charge < -0.3 is 0 Å². The summed E-state index contributed by atoms with van der Waals surface area (Å²) in [6.07, 6.45) is 0. The lowest BCUT2D eigenvalue weighted by Crippen LogP contribution is -1.84. The third kappa shape index (κ3) is 1.40. The van der Waals surface area contributed by atoms with Gasteiger partial charge in [0.25, 0.3) is 0 Å². The highest BCUT2D eigenvalue weighted by atomic mass is 32.1. The van der Waals surface area contributed by atoms with Crippen LogP contribution < -0.4 is 0 Å². The number of hydrogen-bond donors (Lipinski definition) is 0. The number of aryl methyl sites for hydroxylation is 2. The van der Waals surface area contributed by atoms with E-state index in [0.717, 1.165) is 0 Å². The van der Waals surface area contributed by atoms with Crippen LogP contribution >= 0.6 is 11.3 Å². The van der Waals surface area contributed by atoms with Crippen molar-refractivity contribution >= 4 is 11.3 Å². The summed E-state index contributed by atoms with van der Waals surface area (Å²) in [5.41, 5.74) is 1.52. The van der Waals surface area contributed by atoms with Crippen molar-refractivity contribution in [2.24, 2.45) is 0 Å². The second-order valence-corrected chi connectivity index (χ2v) is 4.48. The van der Waals surface area contributed by atoms with E-state index < -0.39 is 0 Å². The molecule has 0 unspecified atom stereocenters. The van der Waals surface area contributed by atoms with E-state index in [4.69, 9.17) is 0 Å². The number of rotatable bonds is 1. The molecule has 0 saturated carbocycles. The van der Waals surface area contributed by atoms with E-state index in [0.29, 0.717) is 5.92 Å². The van der Waals surface area contributed by atoms with Crippen molar-refractivity contribution in [2.45, 2.75) is 33.6 Å². The standard InChI is InChI=1S/C9H14S/c1-6(2)9-5-7(3)10-8(9)4/h5-6H,1-4H3. The first-order valence-electron chi connectivity index (χ1n) is 3.68. The lowest BCUT2D eigenvalue weighted by Gasteiger charge is -2.01. The van der Waals surface area contributed by atoms with Gasteiger partial charge in [0, 0.05) is 9.75 Å². The molecule has 0 aliphatic carbocycles. The Kier molecular flexibility index (Phi) is 2.14. The van der Waals surface area contributed by atoms with E-state index in [2.05, 4.69) is 33.8 Å². The van der Waals surface area contributed by atoms with Gasteiger partial charge in [0.2, 0.25) is 0 Å². The largest absolute Gasteiger partial charge is 0.146 e. The van der Waals surface area contributed by atoms with Gasteiger partial charge in [-0.15, -0.1) is 11.3 Å². The van der Waals surface area contributed by atoms with E-state index in [-0.39, 0.29) is 0 Å². The molecule has 0 atom stereocenters. The van der Waals surface area contributed by atoms with Crippen LogP contribution in [0.5, 0.6) is 0 Å². The number of hydrogen-bond acceptors (Lipinski definition) is 1. The summed E-state index contributed by atoms with van der Waals surface area (Å²) < 4.78 is 0. The molecule has 0 spiro atoms. The van der Waals surface area contributed by atoms with E-state index in [1.54, 1.807) is 0 Å². The quantitative estimate of drug-likeness (QED) is 0.581. The van der Waals surface area contributed by atoms with Gasteiger partial charge in [-0.05, 0) is 31.4 Å². The first kappa shape index (κ1) is 7.80. The molecule has 0 radical (unpaired) electrons. The Labute approximate surface area is 66.9 Å². The van der Waals surface area contributed by atoms with Crippen LogP contribution in [0.2, 0.25) is 0 Å². The zero-order valence-corrected chi connectivity index (χ0v) is 7.88. The minimum Gasteiger partial charge on any atom is -0.146 e. The first-order chi connectivity index (χ1) is 4.61. The van der Waals surface area contributed by atoms with E-state index in [1.807, 2.05) is 11.3 Å². The maximum Gasteiger partial charge on any atom is 0.00516 e. The summed E-state index contributed by atoms with van der Waals surface area (Å²) in [6.45, 7) is 8.86. The molecule has 1 rings (SSSR count). The molecule has 0 aliphatic heterocycles. The zero-order chi connectivity index (χ0) is 7.72. The molecule has 1 aromatic heterocycles. The van der Waals surface area contributed by atoms with Crippen LogP contribution in [-0.4, -0.2) is 0 Å². The van der Waals surface area contributed by atoms with Gasteiger partial charge in [-0.1, -0.05) is 13.8 Å². The van der Waals surface area contributed by atoms with Crippen LogP contribution in [0.3, 0.4) is 0 Å². The lowest BCUT2D eigenvalue weighted by molar-refractivity contribution is 0.864. The molecule has 0 bridgehead atoms. The van der Waals surface area contributed by atoms with E-state index >= 15 is 0 Å². The molecule has 0 saturated heterocycles. The van der Waals surface area contributed by atoms with Crippen molar-refractivity contribution in [3.8, 4) is 0 Å². The van der Waals surface area contributed by atoms with Crippen molar-refractivity contribution in [2.75, 3.05) is 0 Å². The maximum atomic E-state index is 2.30. The van der Waals surface area contributed by atoms with Crippen LogP contribution in [0.15, 0.2) is 6.07 Å². The molecule has 1 aromatic rings. The molecule has 56 valence electrons. The second kappa shape index (κ2) is 2.75. The van der Waals surface area contributed by atoms with Crippen molar-refractivity contribution in [3.63, 3.8) is 0 Å². The molecule has 1 heteroatoms. The van der Waals surface area contributed by atoms with Crippen molar-refractivity contribution in [3.05, 3.63) is 21.4 Å². The Morgan fingerprint density at radius 3 is 2.10 bits per heavy atom. The summed E-state index contributed by atoms with van der Waals surface area (Å²) >= 11 is 1.90. The second-order valence-electron chi connectivity index (χ2n) is 3.02. The minimum absolute atomic E-state index is 0.685. The fraction of sp³-hybridized carbons (Fsp3) is 0.556. The first-order valence-corrected chi connectivity index (χ1v) is 4.50. The van der Waals surface area contributed by atoms with E-state index in [9.17, 15) is 0 Å². The third-order valence-electron chi connectivity index (χ3n) is 1.70. The summed E-state index contributed by atoms with van der Waals surface area (Å²) in [6, 6.07) is 2.30. The van der Waals surface area contributed by atoms with Crippen LogP contribution in [0.25, 0.3) is 0 Å². The Bertz CT molecular complexity index is 221. The Morgan fingerprint density at radius 2 is 1.90 bits per heavy atom. The smallest absolute Gasteiger partial charge is 0.00516 e. The molecular weight excluding hydrogens is 140 g/mol. The molecule has 1 heterocycles. The molecule has 10 heavy (non-hydrogen) atoms. The van der Waals surface area contributed by atoms with Gasteiger partial charge in [0.15, 0.2) is 0 Å². The highest BCUT2D eigenvalue weighted by Gasteiger charge is 2.05.